The van der Waals surface area contributed by atoms with Gasteiger partial charge in [0, 0.05) is 18.4 Å². The third kappa shape index (κ3) is 3.15. The molecular weight excluding hydrogens is 254 g/mol. The monoisotopic (exact) mass is 271 g/mol. The summed E-state index contributed by atoms with van der Waals surface area (Å²) in [4.78, 5) is 4.36. The minimum Gasteiger partial charge on any atom is -0.508 e. The Balaban J connectivity index is 2.17. The molecule has 0 fully saturated rings. The Morgan fingerprint density at radius 3 is 2.65 bits per heavy atom. The molecule has 2 aromatic rings. The third-order valence-corrected chi connectivity index (χ3v) is 3.53. The van der Waals surface area contributed by atoms with Crippen LogP contribution < -0.4 is 0 Å². The number of aromatic hydroxyl groups is 1. The molecule has 1 aromatic heterocycles. The van der Waals surface area contributed by atoms with Crippen LogP contribution in [0.1, 0.15) is 32.6 Å². The first kappa shape index (κ1) is 14.1. The smallest absolute Gasteiger partial charge is 0.227 e. The minimum absolute atomic E-state index is 0.145. The third-order valence-electron chi connectivity index (χ3n) is 3.53. The summed E-state index contributed by atoms with van der Waals surface area (Å²) in [6.07, 6.45) is 1.92. The lowest BCUT2D eigenvalue weighted by atomic mass is 9.81. The molecule has 0 aliphatic carbocycles. The predicted molar refractivity (Wildman–Crippen MR) is 73.7 cm³/mol. The summed E-state index contributed by atoms with van der Waals surface area (Å²) in [6.45, 7) is 4.09. The van der Waals surface area contributed by atoms with E-state index in [9.17, 15) is 5.11 Å². The van der Waals surface area contributed by atoms with Crippen LogP contribution in [0.25, 0.3) is 11.4 Å². The predicted octanol–water partition coefficient (Wildman–Crippen LogP) is 3.31. The maximum atomic E-state index is 9.26. The molecule has 0 saturated heterocycles. The molecule has 0 aliphatic heterocycles. The molecule has 5 heteroatoms. The number of rotatable bonds is 5. The molecule has 104 valence electrons. The summed E-state index contributed by atoms with van der Waals surface area (Å²) in [5.41, 5.74) is 0.643. The van der Waals surface area contributed by atoms with Crippen molar-refractivity contribution in [1.82, 2.24) is 10.1 Å². The van der Waals surface area contributed by atoms with Gasteiger partial charge in [0.15, 0.2) is 0 Å². The summed E-state index contributed by atoms with van der Waals surface area (Å²) in [5.74, 6) is 1.23. The van der Waals surface area contributed by atoms with E-state index in [1.165, 1.54) is 0 Å². The summed E-state index contributed by atoms with van der Waals surface area (Å²) in [5, 5.41) is 22.1. The van der Waals surface area contributed by atoms with Gasteiger partial charge in [0.05, 0.1) is 6.07 Å². The fourth-order valence-electron chi connectivity index (χ4n) is 1.92. The molecule has 0 radical (unpaired) electrons. The van der Waals surface area contributed by atoms with Crippen LogP contribution in [0.2, 0.25) is 0 Å². The maximum absolute atomic E-state index is 9.26. The number of aromatic nitrogens is 2. The molecule has 1 aromatic carbocycles. The molecule has 0 spiro atoms. The summed E-state index contributed by atoms with van der Waals surface area (Å²) >= 11 is 0. The summed E-state index contributed by atoms with van der Waals surface area (Å²) in [6, 6.07) is 8.84. The van der Waals surface area contributed by atoms with E-state index in [0.717, 1.165) is 12.0 Å². The molecular formula is C15H17N3O2. The first-order valence-corrected chi connectivity index (χ1v) is 6.55. The van der Waals surface area contributed by atoms with Crippen LogP contribution in [0.5, 0.6) is 5.75 Å². The Morgan fingerprint density at radius 1 is 1.35 bits per heavy atom. The molecule has 0 saturated carbocycles. The van der Waals surface area contributed by atoms with E-state index in [1.807, 2.05) is 6.92 Å². The van der Waals surface area contributed by atoms with E-state index < -0.39 is 0 Å². The van der Waals surface area contributed by atoms with Crippen LogP contribution in [0.4, 0.5) is 0 Å². The average molecular weight is 271 g/mol. The molecule has 1 N–H and O–H groups in total. The van der Waals surface area contributed by atoms with Crippen molar-refractivity contribution in [2.75, 3.05) is 0 Å². The highest BCUT2D eigenvalue weighted by molar-refractivity contribution is 5.55. The Hall–Kier alpha value is -2.35. The average Bonchev–Trinajstić information content (AvgIpc) is 2.88. The van der Waals surface area contributed by atoms with Gasteiger partial charge in [-0.25, -0.2) is 0 Å². The van der Waals surface area contributed by atoms with Crippen molar-refractivity contribution in [3.63, 3.8) is 0 Å². The van der Waals surface area contributed by atoms with Gasteiger partial charge in [0.2, 0.25) is 11.7 Å². The summed E-state index contributed by atoms with van der Waals surface area (Å²) in [7, 11) is 0. The molecule has 0 amide bonds. The van der Waals surface area contributed by atoms with Crippen molar-refractivity contribution >= 4 is 0 Å². The zero-order valence-corrected chi connectivity index (χ0v) is 11.6. The topological polar surface area (TPSA) is 82.9 Å². The van der Waals surface area contributed by atoms with Crippen LogP contribution >= 0.6 is 0 Å². The van der Waals surface area contributed by atoms with Gasteiger partial charge < -0.3 is 9.63 Å². The first-order valence-electron chi connectivity index (χ1n) is 6.55. The number of hydrogen-bond acceptors (Lipinski definition) is 5. The Kier molecular flexibility index (Phi) is 4.04. The highest BCUT2D eigenvalue weighted by atomic mass is 16.5. The summed E-state index contributed by atoms with van der Waals surface area (Å²) < 4.78 is 5.26. The van der Waals surface area contributed by atoms with Crippen molar-refractivity contribution in [2.45, 2.75) is 33.1 Å². The highest BCUT2D eigenvalue weighted by Gasteiger charge is 2.25. The van der Waals surface area contributed by atoms with Crippen molar-refractivity contribution in [3.05, 3.63) is 30.2 Å². The molecule has 5 nitrogen and oxygen atoms in total. The molecule has 20 heavy (non-hydrogen) atoms. The van der Waals surface area contributed by atoms with E-state index in [-0.39, 0.29) is 11.2 Å². The molecule has 1 atom stereocenters. The van der Waals surface area contributed by atoms with Crippen LogP contribution in [0, 0.1) is 16.7 Å². The lowest BCUT2D eigenvalue weighted by molar-refractivity contribution is 0.266. The first-order chi connectivity index (χ1) is 9.56. The van der Waals surface area contributed by atoms with Crippen molar-refractivity contribution in [1.29, 1.82) is 5.26 Å². The van der Waals surface area contributed by atoms with Crippen LogP contribution in [-0.4, -0.2) is 15.2 Å². The van der Waals surface area contributed by atoms with Gasteiger partial charge >= 0.3 is 0 Å². The highest BCUT2D eigenvalue weighted by Crippen LogP contribution is 2.30. The Bertz CT molecular complexity index is 613. The lowest BCUT2D eigenvalue weighted by Gasteiger charge is -2.22. The maximum Gasteiger partial charge on any atom is 0.227 e. The second-order valence-electron chi connectivity index (χ2n) is 5.23. The van der Waals surface area contributed by atoms with Crippen molar-refractivity contribution < 1.29 is 9.63 Å². The number of benzene rings is 1. The number of nitrogens with zero attached hydrogens (tertiary/aromatic N) is 3. The van der Waals surface area contributed by atoms with E-state index in [2.05, 4.69) is 23.1 Å². The largest absolute Gasteiger partial charge is 0.508 e. The number of hydrogen-bond donors (Lipinski definition) is 1. The van der Waals surface area contributed by atoms with E-state index >= 15 is 0 Å². The fraction of sp³-hybridized carbons (Fsp3) is 0.400. The molecule has 1 heterocycles. The van der Waals surface area contributed by atoms with Crippen molar-refractivity contribution in [2.24, 2.45) is 5.41 Å². The van der Waals surface area contributed by atoms with Gasteiger partial charge in [-0.15, -0.1) is 0 Å². The van der Waals surface area contributed by atoms with E-state index in [0.29, 0.717) is 24.6 Å². The van der Waals surface area contributed by atoms with Gasteiger partial charge in [-0.3, -0.25) is 0 Å². The number of phenolic OH excluding ortho intramolecular Hbond substituents is 1. The van der Waals surface area contributed by atoms with Gasteiger partial charge in [-0.2, -0.15) is 10.2 Å². The fourth-order valence-corrected chi connectivity index (χ4v) is 1.92. The lowest BCUT2D eigenvalue weighted by Crippen LogP contribution is -2.18. The van der Waals surface area contributed by atoms with E-state index in [1.54, 1.807) is 24.3 Å². The minimum atomic E-state index is -0.145. The van der Waals surface area contributed by atoms with Gasteiger partial charge in [-0.1, -0.05) is 19.0 Å². The van der Waals surface area contributed by atoms with E-state index in [4.69, 9.17) is 9.78 Å². The number of nitriles is 1. The van der Waals surface area contributed by atoms with Crippen molar-refractivity contribution in [3.8, 4) is 23.2 Å². The van der Waals surface area contributed by atoms with Gasteiger partial charge in [-0.05, 0) is 36.1 Å². The zero-order valence-electron chi connectivity index (χ0n) is 11.6. The standard InChI is InChI=1S/C15H17N3O2/c1-3-15(2,8-9-16)10-13-17-14(18-20-13)11-4-6-12(19)7-5-11/h4-7,19H,3,8,10H2,1-2H3. The molecule has 1 unspecified atom stereocenters. The number of phenols is 1. The second-order valence-corrected chi connectivity index (χ2v) is 5.23. The molecule has 0 aliphatic rings. The zero-order chi connectivity index (χ0) is 14.6. The van der Waals surface area contributed by atoms with Gasteiger partial charge in [0.1, 0.15) is 5.75 Å². The Labute approximate surface area is 117 Å². The quantitative estimate of drug-likeness (QED) is 0.901. The normalized spacial score (nSPS) is 13.7. The van der Waals surface area contributed by atoms with Crippen LogP contribution in [0.15, 0.2) is 28.8 Å². The van der Waals surface area contributed by atoms with Crippen LogP contribution in [-0.2, 0) is 6.42 Å². The SMILES string of the molecule is CCC(C)(CC#N)Cc1nc(-c2ccc(O)cc2)no1. The molecule has 0 bridgehead atoms. The second kappa shape index (κ2) is 5.74. The molecule has 2 rings (SSSR count). The Morgan fingerprint density at radius 2 is 2.05 bits per heavy atom. The van der Waals surface area contributed by atoms with Gasteiger partial charge in [0.25, 0.3) is 0 Å². The van der Waals surface area contributed by atoms with Crippen LogP contribution in [0.3, 0.4) is 0 Å².